The molecule has 0 radical (unpaired) electrons. The van der Waals surface area contributed by atoms with Crippen LogP contribution < -0.4 is 10.6 Å². The zero-order valence-corrected chi connectivity index (χ0v) is 16.4. The zero-order valence-electron chi connectivity index (χ0n) is 16.4. The van der Waals surface area contributed by atoms with Crippen molar-refractivity contribution in [3.05, 3.63) is 59.7 Å². The second kappa shape index (κ2) is 9.16. The van der Waals surface area contributed by atoms with Gasteiger partial charge in [0.2, 0.25) is 0 Å². The number of nitrogens with zero attached hydrogens (tertiary/aromatic N) is 4. The third kappa shape index (κ3) is 4.84. The van der Waals surface area contributed by atoms with Gasteiger partial charge in [0.1, 0.15) is 5.82 Å². The van der Waals surface area contributed by atoms with Crippen LogP contribution in [0.4, 0.5) is 0 Å². The predicted molar refractivity (Wildman–Crippen MR) is 111 cm³/mol. The number of pyridine rings is 1. The van der Waals surface area contributed by atoms with Gasteiger partial charge in [0.05, 0.1) is 11.0 Å². The van der Waals surface area contributed by atoms with Gasteiger partial charge >= 0.3 is 0 Å². The van der Waals surface area contributed by atoms with Gasteiger partial charge in [-0.2, -0.15) is 0 Å². The van der Waals surface area contributed by atoms with Crippen molar-refractivity contribution in [1.82, 2.24) is 25.2 Å². The highest BCUT2D eigenvalue weighted by Gasteiger charge is 2.06. The lowest BCUT2D eigenvalue weighted by Crippen LogP contribution is -2.39. The van der Waals surface area contributed by atoms with Crippen molar-refractivity contribution in [1.29, 1.82) is 0 Å². The van der Waals surface area contributed by atoms with Crippen LogP contribution in [0.1, 0.15) is 23.4 Å². The summed E-state index contributed by atoms with van der Waals surface area (Å²) in [7, 11) is 1.81. The molecule has 2 N–H and O–H groups in total. The first-order chi connectivity index (χ1) is 13.2. The summed E-state index contributed by atoms with van der Waals surface area (Å²) in [6, 6.07) is 10.4. The summed E-state index contributed by atoms with van der Waals surface area (Å²) >= 11 is 0. The number of hydrogen-bond acceptors (Lipinski definition) is 3. The minimum Gasteiger partial charge on any atom is -0.356 e. The zero-order chi connectivity index (χ0) is 19.1. The van der Waals surface area contributed by atoms with Crippen molar-refractivity contribution in [3.63, 3.8) is 0 Å². The number of guanidine groups is 1. The second-order valence-electron chi connectivity index (χ2n) is 6.63. The minimum atomic E-state index is 0.842. The molecule has 0 unspecified atom stereocenters. The molecule has 0 saturated carbocycles. The predicted octanol–water partition coefficient (Wildman–Crippen LogP) is 2.85. The number of imidazole rings is 1. The van der Waals surface area contributed by atoms with E-state index in [0.717, 1.165) is 49.8 Å². The molecule has 6 heteroatoms. The molecule has 142 valence electrons. The molecule has 0 saturated heterocycles. The van der Waals surface area contributed by atoms with Crippen LogP contribution in [0.2, 0.25) is 0 Å². The molecule has 0 atom stereocenters. The molecule has 0 bridgehead atoms. The Kier molecular flexibility index (Phi) is 6.41. The van der Waals surface area contributed by atoms with E-state index in [1.807, 2.05) is 18.5 Å². The third-order valence-electron chi connectivity index (χ3n) is 4.74. The maximum atomic E-state index is 4.62. The van der Waals surface area contributed by atoms with Crippen LogP contribution in [0.15, 0.2) is 47.7 Å². The first-order valence-electron chi connectivity index (χ1n) is 9.45. The molecule has 2 heterocycles. The molecule has 27 heavy (non-hydrogen) atoms. The largest absolute Gasteiger partial charge is 0.356 e. The normalized spacial score (nSPS) is 11.7. The molecule has 3 aromatic rings. The van der Waals surface area contributed by atoms with E-state index in [1.165, 1.54) is 16.6 Å². The van der Waals surface area contributed by atoms with Crippen molar-refractivity contribution >= 4 is 17.0 Å². The van der Waals surface area contributed by atoms with E-state index in [4.69, 9.17) is 0 Å². The molecule has 2 aromatic heterocycles. The summed E-state index contributed by atoms with van der Waals surface area (Å²) in [4.78, 5) is 13.1. The summed E-state index contributed by atoms with van der Waals surface area (Å²) in [6.45, 7) is 6.80. The van der Waals surface area contributed by atoms with Gasteiger partial charge in [0, 0.05) is 39.1 Å². The van der Waals surface area contributed by atoms with Crippen LogP contribution in [0.5, 0.6) is 0 Å². The Bertz CT molecular complexity index is 912. The molecule has 0 aliphatic rings. The van der Waals surface area contributed by atoms with E-state index in [9.17, 15) is 0 Å². The average molecular weight is 364 g/mol. The lowest BCUT2D eigenvalue weighted by atomic mass is 10.1. The maximum absolute atomic E-state index is 4.62. The molecule has 3 rings (SSSR count). The van der Waals surface area contributed by atoms with Crippen molar-refractivity contribution in [3.8, 4) is 0 Å². The summed E-state index contributed by atoms with van der Waals surface area (Å²) in [5.41, 5.74) is 4.80. The lowest BCUT2D eigenvalue weighted by Gasteiger charge is -2.13. The molecule has 0 fully saturated rings. The van der Waals surface area contributed by atoms with Crippen molar-refractivity contribution in [2.24, 2.45) is 4.99 Å². The SMILES string of the molecule is CN=C(NCCCn1c(C)nc2ccccc21)NCCc1ccncc1C. The first kappa shape index (κ1) is 18.9. The van der Waals surface area contributed by atoms with Crippen molar-refractivity contribution in [2.45, 2.75) is 33.2 Å². The summed E-state index contributed by atoms with van der Waals surface area (Å²) in [5, 5.41) is 6.77. The molecule has 6 nitrogen and oxygen atoms in total. The highest BCUT2D eigenvalue weighted by molar-refractivity contribution is 5.79. The highest BCUT2D eigenvalue weighted by Crippen LogP contribution is 2.15. The number of hydrogen-bond donors (Lipinski definition) is 2. The Labute approximate surface area is 160 Å². The number of benzene rings is 1. The Morgan fingerprint density at radius 3 is 2.74 bits per heavy atom. The fourth-order valence-electron chi connectivity index (χ4n) is 3.24. The number of nitrogens with one attached hydrogen (secondary N) is 2. The molecule has 0 aliphatic carbocycles. The van der Waals surface area contributed by atoms with E-state index < -0.39 is 0 Å². The molecule has 0 aliphatic heterocycles. The van der Waals surface area contributed by atoms with E-state index in [1.54, 1.807) is 7.05 Å². The highest BCUT2D eigenvalue weighted by atomic mass is 15.2. The molecule has 1 aromatic carbocycles. The van der Waals surface area contributed by atoms with Gasteiger partial charge in [-0.05, 0) is 56.0 Å². The average Bonchev–Trinajstić information content (AvgIpc) is 3.00. The number of rotatable bonds is 7. The smallest absolute Gasteiger partial charge is 0.190 e. The van der Waals surface area contributed by atoms with Gasteiger partial charge in [0.15, 0.2) is 5.96 Å². The Morgan fingerprint density at radius 2 is 1.93 bits per heavy atom. The molecular weight excluding hydrogens is 336 g/mol. The Morgan fingerprint density at radius 1 is 1.11 bits per heavy atom. The van der Waals surface area contributed by atoms with Gasteiger partial charge in [-0.3, -0.25) is 9.98 Å². The van der Waals surface area contributed by atoms with Gasteiger partial charge in [0.25, 0.3) is 0 Å². The lowest BCUT2D eigenvalue weighted by molar-refractivity contribution is 0.624. The van der Waals surface area contributed by atoms with Crippen LogP contribution in [0.3, 0.4) is 0 Å². The van der Waals surface area contributed by atoms with Crippen LogP contribution in [-0.4, -0.2) is 40.6 Å². The standard InChI is InChI=1S/C21H28N6/c1-16-15-23-12-9-18(16)10-13-25-21(22-3)24-11-6-14-27-17(2)26-19-7-4-5-8-20(19)27/h4-5,7-9,12,15H,6,10-11,13-14H2,1-3H3,(H2,22,24,25). The fourth-order valence-corrected chi connectivity index (χ4v) is 3.24. The van der Waals surface area contributed by atoms with Gasteiger partial charge in [-0.15, -0.1) is 0 Å². The van der Waals surface area contributed by atoms with E-state index in [0.29, 0.717) is 0 Å². The van der Waals surface area contributed by atoms with E-state index in [2.05, 4.69) is 68.3 Å². The Balaban J connectivity index is 1.43. The van der Waals surface area contributed by atoms with Crippen LogP contribution >= 0.6 is 0 Å². The molecule has 0 amide bonds. The van der Waals surface area contributed by atoms with Crippen LogP contribution in [-0.2, 0) is 13.0 Å². The summed E-state index contributed by atoms with van der Waals surface area (Å²) in [6.07, 6.45) is 5.71. The monoisotopic (exact) mass is 364 g/mol. The minimum absolute atomic E-state index is 0.842. The summed E-state index contributed by atoms with van der Waals surface area (Å²) < 4.78 is 2.28. The third-order valence-corrected chi connectivity index (χ3v) is 4.74. The topological polar surface area (TPSA) is 67.1 Å². The number of fused-ring (bicyclic) bond motifs is 1. The number of aryl methyl sites for hydroxylation is 3. The number of aliphatic imine (C=N–C) groups is 1. The molecular formula is C21H28N6. The van der Waals surface area contributed by atoms with Crippen molar-refractivity contribution in [2.75, 3.05) is 20.1 Å². The van der Waals surface area contributed by atoms with E-state index >= 15 is 0 Å². The number of aromatic nitrogens is 3. The molecule has 0 spiro atoms. The van der Waals surface area contributed by atoms with Crippen LogP contribution in [0, 0.1) is 13.8 Å². The van der Waals surface area contributed by atoms with Gasteiger partial charge in [-0.1, -0.05) is 12.1 Å². The van der Waals surface area contributed by atoms with E-state index in [-0.39, 0.29) is 0 Å². The van der Waals surface area contributed by atoms with Crippen LogP contribution in [0.25, 0.3) is 11.0 Å². The van der Waals surface area contributed by atoms with Gasteiger partial charge < -0.3 is 15.2 Å². The number of para-hydroxylation sites is 2. The summed E-state index contributed by atoms with van der Waals surface area (Å²) in [5.74, 6) is 1.90. The second-order valence-corrected chi connectivity index (χ2v) is 6.63. The first-order valence-corrected chi connectivity index (χ1v) is 9.45. The van der Waals surface area contributed by atoms with Gasteiger partial charge in [-0.25, -0.2) is 4.98 Å². The van der Waals surface area contributed by atoms with Crippen molar-refractivity contribution < 1.29 is 0 Å². The Hall–Kier alpha value is -2.89. The maximum Gasteiger partial charge on any atom is 0.190 e. The quantitative estimate of drug-likeness (QED) is 0.384. The fraction of sp³-hybridized carbons (Fsp3) is 0.381.